The first-order valence-electron chi connectivity index (χ1n) is 8.54. The first-order chi connectivity index (χ1) is 11.7. The van der Waals surface area contributed by atoms with E-state index >= 15 is 0 Å². The van der Waals surface area contributed by atoms with Crippen LogP contribution >= 0.6 is 12.4 Å². The number of hydrogen-bond acceptors (Lipinski definition) is 5. The first kappa shape index (κ1) is 19.7. The van der Waals surface area contributed by atoms with E-state index in [1.54, 1.807) is 0 Å². The molecule has 0 aromatic heterocycles. The predicted octanol–water partition coefficient (Wildman–Crippen LogP) is -0.315. The molecule has 138 valence electrons. The highest BCUT2D eigenvalue weighted by molar-refractivity contribution is 5.85. The molecule has 0 aliphatic carbocycles. The molecule has 2 heterocycles. The topological polar surface area (TPSA) is 94.3 Å². The number of carbonyl (C=O) groups excluding carboxylic acids is 2. The van der Waals surface area contributed by atoms with Crippen LogP contribution in [0.15, 0.2) is 30.3 Å². The van der Waals surface area contributed by atoms with E-state index in [4.69, 9.17) is 0 Å². The normalized spacial score (nSPS) is 24.7. The second-order valence-corrected chi connectivity index (χ2v) is 6.33. The monoisotopic (exact) mass is 367 g/mol. The molecular formula is C17H26ClN5O2. The Hall–Kier alpha value is -1.67. The Balaban J connectivity index is 0.00000225. The number of benzene rings is 1. The van der Waals surface area contributed by atoms with Gasteiger partial charge < -0.3 is 16.0 Å². The maximum Gasteiger partial charge on any atom is 0.238 e. The number of hydrazine groups is 1. The van der Waals surface area contributed by atoms with Crippen molar-refractivity contribution in [3.8, 4) is 0 Å². The number of hydrogen-bond donors (Lipinski definition) is 5. The van der Waals surface area contributed by atoms with Crippen LogP contribution in [0.1, 0.15) is 18.4 Å². The molecule has 8 heteroatoms. The molecular weight excluding hydrogens is 342 g/mol. The summed E-state index contributed by atoms with van der Waals surface area (Å²) < 4.78 is 0. The summed E-state index contributed by atoms with van der Waals surface area (Å²) in [5.41, 5.74) is 7.34. The predicted molar refractivity (Wildman–Crippen MR) is 98.0 cm³/mol. The van der Waals surface area contributed by atoms with Crippen LogP contribution in [0.4, 0.5) is 0 Å². The van der Waals surface area contributed by atoms with Crippen LogP contribution in [-0.2, 0) is 16.1 Å². The maximum absolute atomic E-state index is 12.3. The van der Waals surface area contributed by atoms with Gasteiger partial charge in [-0.1, -0.05) is 30.3 Å². The lowest BCUT2D eigenvalue weighted by molar-refractivity contribution is -0.124. The average molecular weight is 368 g/mol. The quantitative estimate of drug-likeness (QED) is 0.475. The minimum absolute atomic E-state index is 0. The molecule has 7 nitrogen and oxygen atoms in total. The molecule has 2 fully saturated rings. The summed E-state index contributed by atoms with van der Waals surface area (Å²) in [7, 11) is 0. The molecule has 25 heavy (non-hydrogen) atoms. The SMILES string of the molecule is Cl.O=C(CCNC(=O)C1NNC2CCNCC21)NCc1ccccc1. The largest absolute Gasteiger partial charge is 0.354 e. The second kappa shape index (κ2) is 9.72. The summed E-state index contributed by atoms with van der Waals surface area (Å²) in [4.78, 5) is 24.1. The van der Waals surface area contributed by atoms with Crippen molar-refractivity contribution in [1.82, 2.24) is 26.8 Å². The highest BCUT2D eigenvalue weighted by Crippen LogP contribution is 2.19. The highest BCUT2D eigenvalue weighted by Gasteiger charge is 2.40. The molecule has 2 aliphatic heterocycles. The van der Waals surface area contributed by atoms with Gasteiger partial charge in [0.2, 0.25) is 11.8 Å². The Morgan fingerprint density at radius 3 is 2.72 bits per heavy atom. The van der Waals surface area contributed by atoms with Gasteiger partial charge in [-0.3, -0.25) is 15.0 Å². The zero-order valence-corrected chi connectivity index (χ0v) is 14.9. The smallest absolute Gasteiger partial charge is 0.238 e. The van der Waals surface area contributed by atoms with Gasteiger partial charge in [0.25, 0.3) is 0 Å². The highest BCUT2D eigenvalue weighted by atomic mass is 35.5. The summed E-state index contributed by atoms with van der Waals surface area (Å²) >= 11 is 0. The number of halogens is 1. The van der Waals surface area contributed by atoms with Crippen LogP contribution in [0.25, 0.3) is 0 Å². The maximum atomic E-state index is 12.3. The summed E-state index contributed by atoms with van der Waals surface area (Å²) in [6.45, 7) is 2.67. The van der Waals surface area contributed by atoms with E-state index in [1.807, 2.05) is 30.3 Å². The van der Waals surface area contributed by atoms with Gasteiger partial charge in [-0.2, -0.15) is 0 Å². The van der Waals surface area contributed by atoms with Crippen molar-refractivity contribution in [2.24, 2.45) is 5.92 Å². The lowest BCUT2D eigenvalue weighted by Crippen LogP contribution is -2.49. The third kappa shape index (κ3) is 5.40. The van der Waals surface area contributed by atoms with E-state index in [0.717, 1.165) is 25.1 Å². The number of nitrogens with one attached hydrogen (secondary N) is 5. The van der Waals surface area contributed by atoms with Gasteiger partial charge in [-0.05, 0) is 18.5 Å². The number of piperidine rings is 1. The summed E-state index contributed by atoms with van der Waals surface area (Å²) in [5, 5.41) is 9.04. The van der Waals surface area contributed by atoms with Crippen molar-refractivity contribution in [3.05, 3.63) is 35.9 Å². The molecule has 3 rings (SSSR count). The van der Waals surface area contributed by atoms with Gasteiger partial charge in [0.15, 0.2) is 0 Å². The van der Waals surface area contributed by atoms with Gasteiger partial charge in [0.1, 0.15) is 6.04 Å². The fraction of sp³-hybridized carbons (Fsp3) is 0.529. The zero-order valence-electron chi connectivity index (χ0n) is 14.1. The summed E-state index contributed by atoms with van der Waals surface area (Å²) in [5.74, 6) is 0.147. The number of carbonyl (C=O) groups is 2. The minimum Gasteiger partial charge on any atom is -0.354 e. The van der Waals surface area contributed by atoms with Crippen molar-refractivity contribution in [2.45, 2.75) is 31.5 Å². The zero-order chi connectivity index (χ0) is 16.8. The Bertz CT molecular complexity index is 571. The third-order valence-electron chi connectivity index (χ3n) is 4.65. The van der Waals surface area contributed by atoms with Crippen molar-refractivity contribution < 1.29 is 9.59 Å². The van der Waals surface area contributed by atoms with Crippen LogP contribution in [0, 0.1) is 5.92 Å². The van der Waals surface area contributed by atoms with Crippen LogP contribution in [0.5, 0.6) is 0 Å². The molecule has 1 aromatic carbocycles. The van der Waals surface area contributed by atoms with E-state index in [-0.39, 0.29) is 42.6 Å². The molecule has 2 aliphatic rings. The Kier molecular flexibility index (Phi) is 7.64. The summed E-state index contributed by atoms with van der Waals surface area (Å²) in [6.07, 6.45) is 1.30. The second-order valence-electron chi connectivity index (χ2n) is 6.33. The molecule has 3 unspecified atom stereocenters. The lowest BCUT2D eigenvalue weighted by Gasteiger charge is -2.27. The number of rotatable bonds is 6. The van der Waals surface area contributed by atoms with E-state index < -0.39 is 0 Å². The van der Waals surface area contributed by atoms with E-state index in [9.17, 15) is 9.59 Å². The Labute approximate surface area is 154 Å². The fourth-order valence-corrected chi connectivity index (χ4v) is 3.27. The molecule has 3 atom stereocenters. The molecule has 0 bridgehead atoms. The number of fused-ring (bicyclic) bond motifs is 1. The summed E-state index contributed by atoms with van der Waals surface area (Å²) in [6, 6.07) is 9.87. The Morgan fingerprint density at radius 2 is 1.92 bits per heavy atom. The van der Waals surface area contributed by atoms with Gasteiger partial charge in [0, 0.05) is 38.0 Å². The van der Waals surface area contributed by atoms with Gasteiger partial charge in [-0.15, -0.1) is 12.4 Å². The van der Waals surface area contributed by atoms with Crippen molar-refractivity contribution in [3.63, 3.8) is 0 Å². The molecule has 1 aromatic rings. The van der Waals surface area contributed by atoms with Crippen LogP contribution in [-0.4, -0.2) is 43.5 Å². The lowest BCUT2D eigenvalue weighted by atomic mass is 9.89. The van der Waals surface area contributed by atoms with Crippen molar-refractivity contribution >= 4 is 24.2 Å². The molecule has 2 saturated heterocycles. The van der Waals surface area contributed by atoms with Gasteiger partial charge in [0.05, 0.1) is 0 Å². The van der Waals surface area contributed by atoms with Crippen molar-refractivity contribution in [1.29, 1.82) is 0 Å². The number of amides is 2. The standard InChI is InChI=1S/C17H25N5O2.ClH/c23-15(20-10-12-4-2-1-3-5-12)7-9-19-17(24)16-13-11-18-8-6-14(13)21-22-16;/h1-5,13-14,16,18,21-22H,6-11H2,(H,19,24)(H,20,23);1H. The molecule has 0 spiro atoms. The van der Waals surface area contributed by atoms with E-state index in [1.165, 1.54) is 0 Å². The van der Waals surface area contributed by atoms with Gasteiger partial charge in [-0.25, -0.2) is 5.43 Å². The molecule has 5 N–H and O–H groups in total. The first-order valence-corrected chi connectivity index (χ1v) is 8.54. The van der Waals surface area contributed by atoms with Crippen molar-refractivity contribution in [2.75, 3.05) is 19.6 Å². The van der Waals surface area contributed by atoms with Crippen LogP contribution in [0.3, 0.4) is 0 Å². The third-order valence-corrected chi connectivity index (χ3v) is 4.65. The Morgan fingerprint density at radius 1 is 1.12 bits per heavy atom. The molecule has 0 saturated carbocycles. The average Bonchev–Trinajstić information content (AvgIpc) is 3.05. The molecule has 0 radical (unpaired) electrons. The fourth-order valence-electron chi connectivity index (χ4n) is 3.27. The minimum atomic E-state index is -0.241. The van der Waals surface area contributed by atoms with Crippen LogP contribution in [0.2, 0.25) is 0 Å². The van der Waals surface area contributed by atoms with E-state index in [2.05, 4.69) is 26.8 Å². The molecule has 2 amide bonds. The van der Waals surface area contributed by atoms with E-state index in [0.29, 0.717) is 19.1 Å². The van der Waals surface area contributed by atoms with Crippen LogP contribution < -0.4 is 26.8 Å². The van der Waals surface area contributed by atoms with Gasteiger partial charge >= 0.3 is 0 Å².